The van der Waals surface area contributed by atoms with Gasteiger partial charge in [0.15, 0.2) is 5.65 Å². The molecule has 3 N–H and O–H groups in total. The molecular formula is C20H25N5O3. The van der Waals surface area contributed by atoms with Crippen molar-refractivity contribution < 1.29 is 14.6 Å². The van der Waals surface area contributed by atoms with Gasteiger partial charge in [0.25, 0.3) is 0 Å². The normalized spacial score (nSPS) is 12.6. The van der Waals surface area contributed by atoms with Gasteiger partial charge in [-0.05, 0) is 51.5 Å². The van der Waals surface area contributed by atoms with E-state index in [0.29, 0.717) is 18.0 Å². The summed E-state index contributed by atoms with van der Waals surface area (Å²) in [6.07, 6.45) is 3.07. The number of aromatic hydroxyl groups is 1. The van der Waals surface area contributed by atoms with Crippen LogP contribution in [-0.4, -0.2) is 44.0 Å². The van der Waals surface area contributed by atoms with Crippen LogP contribution in [0.4, 0.5) is 10.6 Å². The first kappa shape index (κ1) is 19.5. The summed E-state index contributed by atoms with van der Waals surface area (Å²) >= 11 is 0. The van der Waals surface area contributed by atoms with Gasteiger partial charge in [-0.1, -0.05) is 12.1 Å². The third-order valence-electron chi connectivity index (χ3n) is 3.88. The summed E-state index contributed by atoms with van der Waals surface area (Å²) in [6.45, 7) is 7.84. The molecule has 0 fully saturated rings. The Morgan fingerprint density at radius 1 is 1.32 bits per heavy atom. The number of fused-ring (bicyclic) bond motifs is 1. The fourth-order valence-corrected chi connectivity index (χ4v) is 2.66. The Balaban J connectivity index is 1.69. The lowest BCUT2D eigenvalue weighted by atomic mass is 10.1. The van der Waals surface area contributed by atoms with Gasteiger partial charge in [0.05, 0.1) is 6.20 Å². The van der Waals surface area contributed by atoms with Gasteiger partial charge < -0.3 is 20.5 Å². The third-order valence-corrected chi connectivity index (χ3v) is 3.88. The van der Waals surface area contributed by atoms with Crippen LogP contribution in [0.3, 0.4) is 0 Å². The zero-order valence-electron chi connectivity index (χ0n) is 16.4. The summed E-state index contributed by atoms with van der Waals surface area (Å²) in [5.74, 6) is 0.848. The predicted molar refractivity (Wildman–Crippen MR) is 107 cm³/mol. The Kier molecular flexibility index (Phi) is 5.39. The molecule has 2 heterocycles. The number of amides is 1. The second-order valence-corrected chi connectivity index (χ2v) is 7.62. The molecule has 0 spiro atoms. The van der Waals surface area contributed by atoms with Crippen molar-refractivity contribution in [3.63, 3.8) is 0 Å². The Morgan fingerprint density at radius 3 is 2.82 bits per heavy atom. The lowest BCUT2D eigenvalue weighted by Gasteiger charge is -2.22. The van der Waals surface area contributed by atoms with Crippen LogP contribution in [0.15, 0.2) is 42.7 Å². The third kappa shape index (κ3) is 4.91. The Labute approximate surface area is 163 Å². The van der Waals surface area contributed by atoms with Crippen LogP contribution in [0.2, 0.25) is 0 Å². The van der Waals surface area contributed by atoms with Gasteiger partial charge in [-0.15, -0.1) is 0 Å². The van der Waals surface area contributed by atoms with Crippen LogP contribution in [0.25, 0.3) is 16.8 Å². The zero-order valence-corrected chi connectivity index (χ0v) is 16.4. The maximum Gasteiger partial charge on any atom is 0.407 e. The monoisotopic (exact) mass is 383 g/mol. The average molecular weight is 383 g/mol. The number of hydrogen-bond donors (Lipinski definition) is 3. The van der Waals surface area contributed by atoms with Crippen LogP contribution < -0.4 is 10.6 Å². The summed E-state index contributed by atoms with van der Waals surface area (Å²) in [5, 5.41) is 20.0. The number of rotatable bonds is 5. The number of carbonyl (C=O) groups excluding carboxylic acids is 1. The van der Waals surface area contributed by atoms with Gasteiger partial charge in [-0.2, -0.15) is 5.10 Å². The molecule has 8 nitrogen and oxygen atoms in total. The lowest BCUT2D eigenvalue weighted by Crippen LogP contribution is -2.40. The molecule has 8 heteroatoms. The highest BCUT2D eigenvalue weighted by atomic mass is 16.6. The maximum absolute atomic E-state index is 11.8. The number of phenols is 1. The van der Waals surface area contributed by atoms with Crippen LogP contribution >= 0.6 is 0 Å². The first-order valence-electron chi connectivity index (χ1n) is 9.08. The van der Waals surface area contributed by atoms with E-state index in [-0.39, 0.29) is 11.8 Å². The molecule has 3 aromatic rings. The molecule has 0 saturated carbocycles. The van der Waals surface area contributed by atoms with Crippen LogP contribution in [0.1, 0.15) is 27.7 Å². The highest BCUT2D eigenvalue weighted by Crippen LogP contribution is 2.26. The number of ether oxygens (including phenoxy) is 1. The van der Waals surface area contributed by atoms with E-state index in [9.17, 15) is 9.90 Å². The van der Waals surface area contributed by atoms with Crippen molar-refractivity contribution in [2.45, 2.75) is 39.3 Å². The van der Waals surface area contributed by atoms with E-state index in [0.717, 1.165) is 11.1 Å². The van der Waals surface area contributed by atoms with Crippen molar-refractivity contribution in [1.29, 1.82) is 0 Å². The van der Waals surface area contributed by atoms with E-state index in [1.807, 2.05) is 46.0 Å². The number of anilines is 1. The van der Waals surface area contributed by atoms with E-state index in [2.05, 4.69) is 20.7 Å². The van der Waals surface area contributed by atoms with Crippen LogP contribution in [-0.2, 0) is 4.74 Å². The standard InChI is InChI=1S/C20H25N5O3/c1-13(23-19(27)28-20(2,3)4)11-21-17-8-9-25-18(24-17)16(12-22-25)14-6-5-7-15(26)10-14/h5-10,12-13,26H,11H2,1-4H3,(H,21,24)(H,23,27). The first-order chi connectivity index (χ1) is 13.2. The van der Waals surface area contributed by atoms with Crippen molar-refractivity contribution in [1.82, 2.24) is 19.9 Å². The van der Waals surface area contributed by atoms with Crippen molar-refractivity contribution >= 4 is 17.6 Å². The van der Waals surface area contributed by atoms with Crippen molar-refractivity contribution in [3.8, 4) is 16.9 Å². The number of benzene rings is 1. The van der Waals surface area contributed by atoms with Crippen LogP contribution in [0.5, 0.6) is 5.75 Å². The largest absolute Gasteiger partial charge is 0.508 e. The molecule has 0 aliphatic carbocycles. The number of hydrogen-bond acceptors (Lipinski definition) is 6. The molecule has 0 aliphatic rings. The highest BCUT2D eigenvalue weighted by Gasteiger charge is 2.17. The number of alkyl carbamates (subject to hydrolysis) is 1. The van der Waals surface area contributed by atoms with Crippen molar-refractivity contribution in [2.24, 2.45) is 0 Å². The molecule has 0 radical (unpaired) electrons. The minimum absolute atomic E-state index is 0.150. The molecule has 0 saturated heterocycles. The number of carbonyl (C=O) groups is 1. The van der Waals surface area contributed by atoms with E-state index < -0.39 is 11.7 Å². The van der Waals surface area contributed by atoms with Gasteiger partial charge in [0, 0.05) is 24.3 Å². The van der Waals surface area contributed by atoms with Gasteiger partial charge in [0.2, 0.25) is 0 Å². The molecule has 148 valence electrons. The van der Waals surface area contributed by atoms with E-state index >= 15 is 0 Å². The molecule has 3 rings (SSSR count). The number of aromatic nitrogens is 3. The van der Waals surface area contributed by atoms with Gasteiger partial charge >= 0.3 is 6.09 Å². The SMILES string of the molecule is CC(CNc1ccn2ncc(-c3cccc(O)c3)c2n1)NC(=O)OC(C)(C)C. The first-order valence-corrected chi connectivity index (χ1v) is 9.08. The molecule has 1 atom stereocenters. The Bertz CT molecular complexity index is 977. The molecule has 0 aliphatic heterocycles. The molecular weight excluding hydrogens is 358 g/mol. The van der Waals surface area contributed by atoms with Gasteiger partial charge in [-0.25, -0.2) is 14.3 Å². The fraction of sp³-hybridized carbons (Fsp3) is 0.350. The van der Waals surface area contributed by atoms with E-state index in [1.165, 1.54) is 0 Å². The van der Waals surface area contributed by atoms with Gasteiger partial charge in [-0.3, -0.25) is 0 Å². The summed E-state index contributed by atoms with van der Waals surface area (Å²) < 4.78 is 6.93. The minimum Gasteiger partial charge on any atom is -0.508 e. The summed E-state index contributed by atoms with van der Waals surface area (Å²) in [5.41, 5.74) is 1.79. The average Bonchev–Trinajstić information content (AvgIpc) is 3.01. The minimum atomic E-state index is -0.534. The smallest absolute Gasteiger partial charge is 0.407 e. The fourth-order valence-electron chi connectivity index (χ4n) is 2.66. The highest BCUT2D eigenvalue weighted by molar-refractivity contribution is 5.78. The second kappa shape index (κ2) is 7.75. The van der Waals surface area contributed by atoms with Gasteiger partial charge in [0.1, 0.15) is 17.2 Å². The topological polar surface area (TPSA) is 101 Å². The number of phenolic OH excluding ortho intramolecular Hbond substituents is 1. The molecule has 1 amide bonds. The van der Waals surface area contributed by atoms with Crippen LogP contribution in [0, 0.1) is 0 Å². The Hall–Kier alpha value is -3.29. The maximum atomic E-state index is 11.8. The summed E-state index contributed by atoms with van der Waals surface area (Å²) in [7, 11) is 0. The molecule has 1 aromatic carbocycles. The Morgan fingerprint density at radius 2 is 2.11 bits per heavy atom. The molecule has 0 bridgehead atoms. The molecule has 2 aromatic heterocycles. The predicted octanol–water partition coefficient (Wildman–Crippen LogP) is 3.43. The zero-order chi connectivity index (χ0) is 20.3. The molecule has 1 unspecified atom stereocenters. The van der Waals surface area contributed by atoms with E-state index in [4.69, 9.17) is 4.74 Å². The van der Waals surface area contributed by atoms with Crippen molar-refractivity contribution in [3.05, 3.63) is 42.7 Å². The van der Waals surface area contributed by atoms with E-state index in [1.54, 1.807) is 28.9 Å². The quantitative estimate of drug-likeness (QED) is 0.624. The lowest BCUT2D eigenvalue weighted by molar-refractivity contribution is 0.0511. The second-order valence-electron chi connectivity index (χ2n) is 7.62. The summed E-state index contributed by atoms with van der Waals surface area (Å²) in [4.78, 5) is 16.5. The number of nitrogens with zero attached hydrogens (tertiary/aromatic N) is 3. The summed E-state index contributed by atoms with van der Waals surface area (Å²) in [6, 6.07) is 8.63. The number of nitrogens with one attached hydrogen (secondary N) is 2. The van der Waals surface area contributed by atoms with Crippen molar-refractivity contribution in [2.75, 3.05) is 11.9 Å². The molecule has 28 heavy (non-hydrogen) atoms.